The molecule has 12 rings (SSSR count). The van der Waals surface area contributed by atoms with Crippen molar-refractivity contribution in [2.75, 3.05) is 0 Å². The summed E-state index contributed by atoms with van der Waals surface area (Å²) in [6.45, 7) is 4.71. The Hall–Kier alpha value is -5.96. The summed E-state index contributed by atoms with van der Waals surface area (Å²) >= 11 is 1.94. The van der Waals surface area contributed by atoms with E-state index in [1.54, 1.807) is 0 Å². The SMILES string of the molecule is CC1(C)c2ccccc2-c2cc(-c3ccc4sc5c(c4c3)-c3cccc4c(-c6ccc7c8ccccc8n(C8=CC=CCC8)c7c6)ccc-5c34)ccc21. The van der Waals surface area contributed by atoms with Crippen LogP contribution in [0.15, 0.2) is 152 Å². The third-order valence-electron chi connectivity index (χ3n) is 12.4. The summed E-state index contributed by atoms with van der Waals surface area (Å²) in [5, 5.41) is 6.69. The van der Waals surface area contributed by atoms with Crippen LogP contribution in [0.3, 0.4) is 0 Å². The molecule has 7 aromatic carbocycles. The number of fused-ring (bicyclic) bond motifs is 11. The first-order chi connectivity index (χ1) is 26.0. The van der Waals surface area contributed by atoms with E-state index >= 15 is 0 Å². The predicted octanol–water partition coefficient (Wildman–Crippen LogP) is 14.6. The Kier molecular flexibility index (Phi) is 5.90. The van der Waals surface area contributed by atoms with Gasteiger partial charge in [-0.2, -0.15) is 0 Å². The smallest absolute Gasteiger partial charge is 0.0544 e. The zero-order chi connectivity index (χ0) is 35.0. The quantitative estimate of drug-likeness (QED) is 0.174. The molecule has 53 heavy (non-hydrogen) atoms. The molecule has 0 saturated carbocycles. The van der Waals surface area contributed by atoms with Gasteiger partial charge in [0.2, 0.25) is 0 Å². The Morgan fingerprint density at radius 1 is 0.547 bits per heavy atom. The number of aromatic nitrogens is 1. The van der Waals surface area contributed by atoms with Crippen molar-refractivity contribution in [3.05, 3.63) is 163 Å². The second-order valence-electron chi connectivity index (χ2n) is 15.5. The summed E-state index contributed by atoms with van der Waals surface area (Å²) in [5.74, 6) is 0. The van der Waals surface area contributed by atoms with E-state index in [1.165, 1.54) is 114 Å². The highest BCUT2D eigenvalue weighted by atomic mass is 32.1. The van der Waals surface area contributed by atoms with Crippen molar-refractivity contribution < 1.29 is 0 Å². The Labute approximate surface area is 312 Å². The lowest BCUT2D eigenvalue weighted by Crippen LogP contribution is -2.14. The summed E-state index contributed by atoms with van der Waals surface area (Å²) in [5.41, 5.74) is 18.8. The van der Waals surface area contributed by atoms with Crippen LogP contribution in [0.2, 0.25) is 0 Å². The molecule has 2 heteroatoms. The molecule has 0 atom stereocenters. The number of hydrogen-bond donors (Lipinski definition) is 0. The lowest BCUT2D eigenvalue weighted by atomic mass is 9.82. The molecule has 1 nitrogen and oxygen atoms in total. The third-order valence-corrected chi connectivity index (χ3v) is 13.6. The van der Waals surface area contributed by atoms with Crippen molar-refractivity contribution in [1.29, 1.82) is 0 Å². The summed E-state index contributed by atoms with van der Waals surface area (Å²) in [7, 11) is 0. The zero-order valence-electron chi connectivity index (χ0n) is 29.7. The molecule has 3 aliphatic carbocycles. The molecular weight excluding hydrogens is 659 g/mol. The first kappa shape index (κ1) is 29.6. The highest BCUT2D eigenvalue weighted by Gasteiger charge is 2.35. The highest BCUT2D eigenvalue weighted by molar-refractivity contribution is 7.23. The Balaban J connectivity index is 1.01. The topological polar surface area (TPSA) is 4.93 Å². The molecule has 0 saturated heterocycles. The van der Waals surface area contributed by atoms with Crippen LogP contribution in [-0.4, -0.2) is 4.57 Å². The van der Waals surface area contributed by atoms with Gasteiger partial charge in [-0.15, -0.1) is 11.3 Å². The molecule has 0 N–H and O–H groups in total. The van der Waals surface area contributed by atoms with Gasteiger partial charge in [-0.1, -0.05) is 129 Å². The van der Waals surface area contributed by atoms with Gasteiger partial charge in [0.1, 0.15) is 0 Å². The molecule has 0 amide bonds. The number of rotatable bonds is 3. The second kappa shape index (κ2) is 10.6. The Bertz CT molecular complexity index is 3140. The van der Waals surface area contributed by atoms with E-state index in [2.05, 4.69) is 170 Å². The number of nitrogens with zero attached hydrogens (tertiary/aromatic N) is 1. The molecular formula is C51H35NS. The fourth-order valence-corrected chi connectivity index (χ4v) is 11.1. The normalized spacial score (nSPS) is 15.0. The maximum atomic E-state index is 2.50. The lowest BCUT2D eigenvalue weighted by Gasteiger charge is -2.21. The van der Waals surface area contributed by atoms with Crippen molar-refractivity contribution in [3.63, 3.8) is 0 Å². The monoisotopic (exact) mass is 693 g/mol. The highest BCUT2D eigenvalue weighted by Crippen LogP contribution is 2.56. The van der Waals surface area contributed by atoms with Crippen LogP contribution in [0.5, 0.6) is 0 Å². The number of para-hydroxylation sites is 1. The van der Waals surface area contributed by atoms with Gasteiger partial charge in [0.25, 0.3) is 0 Å². The van der Waals surface area contributed by atoms with E-state index in [-0.39, 0.29) is 5.41 Å². The summed E-state index contributed by atoms with van der Waals surface area (Å²) in [6, 6.07) is 50.8. The van der Waals surface area contributed by atoms with Gasteiger partial charge < -0.3 is 4.57 Å². The lowest BCUT2D eigenvalue weighted by molar-refractivity contribution is 0.660. The fraction of sp³-hybridized carbons (Fsp3) is 0.0980. The van der Waals surface area contributed by atoms with Gasteiger partial charge in [-0.25, -0.2) is 0 Å². The summed E-state index contributed by atoms with van der Waals surface area (Å²) in [6.07, 6.45) is 8.90. The Morgan fingerprint density at radius 3 is 2.23 bits per heavy atom. The van der Waals surface area contributed by atoms with Gasteiger partial charge in [-0.3, -0.25) is 0 Å². The van der Waals surface area contributed by atoms with Crippen LogP contribution in [0.1, 0.15) is 37.8 Å². The Morgan fingerprint density at radius 2 is 1.30 bits per heavy atom. The van der Waals surface area contributed by atoms with Crippen LogP contribution >= 0.6 is 11.3 Å². The number of thiophene rings is 1. The maximum Gasteiger partial charge on any atom is 0.0544 e. The van der Waals surface area contributed by atoms with Crippen LogP contribution < -0.4 is 0 Å². The molecule has 0 spiro atoms. The van der Waals surface area contributed by atoms with Crippen molar-refractivity contribution in [1.82, 2.24) is 4.57 Å². The molecule has 0 unspecified atom stereocenters. The third kappa shape index (κ3) is 3.97. The van der Waals surface area contributed by atoms with Gasteiger partial charge in [-0.05, 0) is 110 Å². The average molecular weight is 694 g/mol. The molecule has 3 aliphatic rings. The largest absolute Gasteiger partial charge is 0.313 e. The van der Waals surface area contributed by atoms with E-state index in [4.69, 9.17) is 0 Å². The van der Waals surface area contributed by atoms with Crippen molar-refractivity contribution in [2.45, 2.75) is 32.1 Å². The van der Waals surface area contributed by atoms with E-state index in [9.17, 15) is 0 Å². The molecule has 9 aromatic rings. The predicted molar refractivity (Wildman–Crippen MR) is 228 cm³/mol. The molecule has 0 radical (unpaired) electrons. The average Bonchev–Trinajstić information content (AvgIpc) is 3.91. The number of hydrogen-bond acceptors (Lipinski definition) is 1. The van der Waals surface area contributed by atoms with Gasteiger partial charge in [0.15, 0.2) is 0 Å². The molecule has 2 aromatic heterocycles. The summed E-state index contributed by atoms with van der Waals surface area (Å²) < 4.78 is 3.85. The second-order valence-corrected chi connectivity index (χ2v) is 16.6. The number of allylic oxidation sites excluding steroid dienone is 4. The van der Waals surface area contributed by atoms with Crippen LogP contribution in [-0.2, 0) is 5.41 Å². The number of benzene rings is 7. The van der Waals surface area contributed by atoms with Gasteiger partial charge >= 0.3 is 0 Å². The van der Waals surface area contributed by atoms with E-state index in [1.807, 2.05) is 11.3 Å². The van der Waals surface area contributed by atoms with Crippen molar-refractivity contribution >= 4 is 59.7 Å². The van der Waals surface area contributed by atoms with E-state index in [0.29, 0.717) is 0 Å². The van der Waals surface area contributed by atoms with Crippen molar-refractivity contribution in [2.24, 2.45) is 0 Å². The standard InChI is InChI=1S/C51H35NS/c1-51(2)43-17-8-6-13-35(43)41-27-30(20-25-44(41)51)31-21-26-47-42(28-31)49-39-16-10-15-38-34(23-24-40(48(38)39)50(49)53-47)32-19-22-37-36-14-7-9-18-45(36)52(46(37)29-32)33-11-4-3-5-12-33/h3-4,6-11,13-29H,5,12H2,1-2H3. The first-order valence-corrected chi connectivity index (χ1v) is 19.6. The molecule has 0 fully saturated rings. The maximum absolute atomic E-state index is 2.50. The molecule has 0 aliphatic heterocycles. The molecule has 0 bridgehead atoms. The zero-order valence-corrected chi connectivity index (χ0v) is 30.5. The summed E-state index contributed by atoms with van der Waals surface area (Å²) in [4.78, 5) is 1.40. The molecule has 2 heterocycles. The fourth-order valence-electron chi connectivity index (χ4n) is 9.91. The minimum absolute atomic E-state index is 0.0145. The van der Waals surface area contributed by atoms with Crippen LogP contribution in [0.4, 0.5) is 0 Å². The van der Waals surface area contributed by atoms with Crippen LogP contribution in [0.25, 0.3) is 103 Å². The minimum atomic E-state index is 0.0145. The van der Waals surface area contributed by atoms with Crippen LogP contribution in [0, 0.1) is 0 Å². The van der Waals surface area contributed by atoms with E-state index < -0.39 is 0 Å². The van der Waals surface area contributed by atoms with Gasteiger partial charge in [0.05, 0.1) is 11.0 Å². The van der Waals surface area contributed by atoms with E-state index in [0.717, 1.165) is 12.8 Å². The first-order valence-electron chi connectivity index (χ1n) is 18.8. The minimum Gasteiger partial charge on any atom is -0.313 e. The van der Waals surface area contributed by atoms with Crippen molar-refractivity contribution in [3.8, 4) is 54.9 Å². The van der Waals surface area contributed by atoms with Gasteiger partial charge in [0, 0.05) is 48.0 Å². The molecule has 250 valence electrons.